The van der Waals surface area contributed by atoms with Gasteiger partial charge in [-0.15, -0.1) is 0 Å². The van der Waals surface area contributed by atoms with Crippen LogP contribution >= 0.6 is 34.8 Å². The van der Waals surface area contributed by atoms with Crippen molar-refractivity contribution >= 4 is 51.6 Å². The number of hydrogen-bond donors (Lipinski definition) is 2. The van der Waals surface area contributed by atoms with Crippen molar-refractivity contribution in [1.29, 1.82) is 0 Å². The van der Waals surface area contributed by atoms with Crippen LogP contribution in [-0.4, -0.2) is 30.2 Å². The second kappa shape index (κ2) is 8.06. The third-order valence-electron chi connectivity index (χ3n) is 2.84. The standard InChI is InChI=1S/C15H14IN3O3S/c1-21-11-5-3-9(7-12(11)22-2)14(20)19-15(23)18-13-6-4-10(16)8-17-13/h3-8H,1-2H3,(H2,17,18,19,20,23). The zero-order chi connectivity index (χ0) is 16.8. The number of carbonyl (C=O) groups is 1. The average molecular weight is 443 g/mol. The van der Waals surface area contributed by atoms with Crippen LogP contribution in [0.5, 0.6) is 11.5 Å². The summed E-state index contributed by atoms with van der Waals surface area (Å²) in [5, 5.41) is 5.61. The second-order valence-corrected chi connectivity index (χ2v) is 5.99. The number of thiocarbonyl (C=S) groups is 1. The number of rotatable bonds is 4. The van der Waals surface area contributed by atoms with Crippen LogP contribution < -0.4 is 20.1 Å². The van der Waals surface area contributed by atoms with Gasteiger partial charge in [-0.05, 0) is 65.1 Å². The lowest BCUT2D eigenvalue weighted by atomic mass is 10.2. The zero-order valence-corrected chi connectivity index (χ0v) is 15.4. The van der Waals surface area contributed by atoms with Crippen LogP contribution in [-0.2, 0) is 0 Å². The van der Waals surface area contributed by atoms with Crippen LogP contribution in [0, 0.1) is 3.57 Å². The summed E-state index contributed by atoms with van der Waals surface area (Å²) in [6, 6.07) is 8.53. The number of hydrogen-bond acceptors (Lipinski definition) is 5. The predicted octanol–water partition coefficient (Wildman–Crippen LogP) is 2.83. The summed E-state index contributed by atoms with van der Waals surface area (Å²) >= 11 is 7.27. The number of methoxy groups -OCH3 is 2. The molecule has 1 aromatic carbocycles. The van der Waals surface area contributed by atoms with Crippen LogP contribution in [0.2, 0.25) is 0 Å². The van der Waals surface area contributed by atoms with E-state index in [1.165, 1.54) is 14.2 Å². The van der Waals surface area contributed by atoms with Gasteiger partial charge in [-0.2, -0.15) is 0 Å². The number of ether oxygens (including phenoxy) is 2. The number of benzene rings is 1. The van der Waals surface area contributed by atoms with Crippen LogP contribution in [0.4, 0.5) is 5.82 Å². The largest absolute Gasteiger partial charge is 0.493 e. The van der Waals surface area contributed by atoms with Crippen molar-refractivity contribution in [2.75, 3.05) is 19.5 Å². The SMILES string of the molecule is COc1ccc(C(=O)NC(=S)Nc2ccc(I)cn2)cc1OC. The number of pyridine rings is 1. The lowest BCUT2D eigenvalue weighted by molar-refractivity contribution is 0.0977. The molecule has 1 amide bonds. The zero-order valence-electron chi connectivity index (χ0n) is 12.4. The van der Waals surface area contributed by atoms with E-state index in [4.69, 9.17) is 21.7 Å². The van der Waals surface area contributed by atoms with Crippen LogP contribution in [0.25, 0.3) is 0 Å². The number of nitrogens with one attached hydrogen (secondary N) is 2. The van der Waals surface area contributed by atoms with Crippen molar-refractivity contribution in [3.05, 3.63) is 45.7 Å². The molecule has 0 radical (unpaired) electrons. The van der Waals surface area contributed by atoms with Gasteiger partial charge in [0.1, 0.15) is 5.82 Å². The van der Waals surface area contributed by atoms with Crippen molar-refractivity contribution in [2.24, 2.45) is 0 Å². The van der Waals surface area contributed by atoms with Crippen molar-refractivity contribution < 1.29 is 14.3 Å². The Kier molecular flexibility index (Phi) is 6.11. The van der Waals surface area contributed by atoms with E-state index in [1.54, 1.807) is 30.5 Å². The summed E-state index contributed by atoms with van der Waals surface area (Å²) in [4.78, 5) is 16.4. The van der Waals surface area contributed by atoms with Crippen LogP contribution in [0.15, 0.2) is 36.5 Å². The smallest absolute Gasteiger partial charge is 0.257 e. The molecule has 2 aromatic rings. The maximum atomic E-state index is 12.2. The normalized spacial score (nSPS) is 9.87. The van der Waals surface area contributed by atoms with Gasteiger partial charge < -0.3 is 14.8 Å². The summed E-state index contributed by atoms with van der Waals surface area (Å²) in [7, 11) is 3.04. The molecule has 8 heteroatoms. The molecule has 0 saturated carbocycles. The minimum atomic E-state index is -0.353. The van der Waals surface area contributed by atoms with Gasteiger partial charge in [-0.1, -0.05) is 0 Å². The topological polar surface area (TPSA) is 72.5 Å². The van der Waals surface area contributed by atoms with Gasteiger partial charge in [0.2, 0.25) is 0 Å². The Hall–Kier alpha value is -1.94. The minimum Gasteiger partial charge on any atom is -0.493 e. The van der Waals surface area contributed by atoms with Gasteiger partial charge in [-0.3, -0.25) is 10.1 Å². The number of anilines is 1. The van der Waals surface area contributed by atoms with Crippen molar-refractivity contribution in [2.45, 2.75) is 0 Å². The molecule has 0 saturated heterocycles. The quantitative estimate of drug-likeness (QED) is 0.560. The third kappa shape index (κ3) is 4.76. The lowest BCUT2D eigenvalue weighted by Gasteiger charge is -2.11. The fourth-order valence-corrected chi connectivity index (χ4v) is 2.27. The Morgan fingerprint density at radius 2 is 1.91 bits per heavy atom. The maximum Gasteiger partial charge on any atom is 0.257 e. The predicted molar refractivity (Wildman–Crippen MR) is 100 cm³/mol. The number of carbonyl (C=O) groups excluding carboxylic acids is 1. The Morgan fingerprint density at radius 3 is 2.52 bits per heavy atom. The van der Waals surface area contributed by atoms with Gasteiger partial charge in [0.15, 0.2) is 16.6 Å². The maximum absolute atomic E-state index is 12.2. The van der Waals surface area contributed by atoms with Crippen LogP contribution in [0.3, 0.4) is 0 Å². The first-order valence-corrected chi connectivity index (χ1v) is 7.98. The van der Waals surface area contributed by atoms with Gasteiger partial charge in [-0.25, -0.2) is 4.98 Å². The molecule has 0 atom stereocenters. The number of aromatic nitrogens is 1. The molecule has 0 aliphatic heterocycles. The van der Waals surface area contributed by atoms with E-state index in [0.29, 0.717) is 22.9 Å². The molecule has 120 valence electrons. The molecular formula is C15H14IN3O3S. The molecule has 0 fully saturated rings. The molecule has 0 unspecified atom stereocenters. The molecule has 0 aliphatic rings. The first-order valence-electron chi connectivity index (χ1n) is 6.49. The van der Waals surface area contributed by atoms with E-state index in [-0.39, 0.29) is 11.0 Å². The van der Waals surface area contributed by atoms with Gasteiger partial charge in [0.05, 0.1) is 14.2 Å². The number of halogens is 1. The van der Waals surface area contributed by atoms with E-state index < -0.39 is 0 Å². The highest BCUT2D eigenvalue weighted by atomic mass is 127. The molecule has 2 rings (SSSR count). The molecule has 23 heavy (non-hydrogen) atoms. The van der Waals surface area contributed by atoms with E-state index in [0.717, 1.165) is 3.57 Å². The first-order chi connectivity index (χ1) is 11.0. The highest BCUT2D eigenvalue weighted by Gasteiger charge is 2.12. The Bertz CT molecular complexity index is 722. The van der Waals surface area contributed by atoms with Gasteiger partial charge in [0, 0.05) is 15.3 Å². The van der Waals surface area contributed by atoms with Crippen molar-refractivity contribution in [3.63, 3.8) is 0 Å². The second-order valence-electron chi connectivity index (χ2n) is 4.34. The molecule has 6 nitrogen and oxygen atoms in total. The van der Waals surface area contributed by atoms with E-state index in [9.17, 15) is 4.79 Å². The Morgan fingerprint density at radius 1 is 1.17 bits per heavy atom. The lowest BCUT2D eigenvalue weighted by Crippen LogP contribution is -2.34. The molecule has 1 aromatic heterocycles. The summed E-state index contributed by atoms with van der Waals surface area (Å²) in [6.45, 7) is 0. The van der Waals surface area contributed by atoms with Crippen molar-refractivity contribution in [3.8, 4) is 11.5 Å². The Balaban J connectivity index is 2.03. The van der Waals surface area contributed by atoms with Gasteiger partial charge in [0.25, 0.3) is 5.91 Å². The van der Waals surface area contributed by atoms with E-state index in [2.05, 4.69) is 38.2 Å². The summed E-state index contributed by atoms with van der Waals surface area (Å²) in [5.41, 5.74) is 0.405. The van der Waals surface area contributed by atoms with E-state index >= 15 is 0 Å². The molecule has 2 N–H and O–H groups in total. The average Bonchev–Trinajstić information content (AvgIpc) is 2.56. The monoisotopic (exact) mass is 443 g/mol. The molecule has 0 spiro atoms. The molecule has 0 bridgehead atoms. The minimum absolute atomic E-state index is 0.165. The molecule has 1 heterocycles. The van der Waals surface area contributed by atoms with Gasteiger partial charge >= 0.3 is 0 Å². The summed E-state index contributed by atoms with van der Waals surface area (Å²) in [6.07, 6.45) is 1.70. The summed E-state index contributed by atoms with van der Waals surface area (Å²) < 4.78 is 11.3. The van der Waals surface area contributed by atoms with Crippen LogP contribution in [0.1, 0.15) is 10.4 Å². The third-order valence-corrected chi connectivity index (χ3v) is 3.68. The summed E-state index contributed by atoms with van der Waals surface area (Å²) in [5.74, 6) is 1.23. The highest BCUT2D eigenvalue weighted by Crippen LogP contribution is 2.27. The number of amides is 1. The number of nitrogens with zero attached hydrogens (tertiary/aromatic N) is 1. The molecular weight excluding hydrogens is 429 g/mol. The highest BCUT2D eigenvalue weighted by molar-refractivity contribution is 14.1. The fraction of sp³-hybridized carbons (Fsp3) is 0.133. The van der Waals surface area contributed by atoms with E-state index in [1.807, 2.05) is 6.07 Å². The Labute approximate surface area is 152 Å². The molecule has 0 aliphatic carbocycles. The van der Waals surface area contributed by atoms with Crippen molar-refractivity contribution in [1.82, 2.24) is 10.3 Å². The fourth-order valence-electron chi connectivity index (χ4n) is 1.75. The first kappa shape index (κ1) is 17.4.